The zero-order valence-electron chi connectivity index (χ0n) is 10.8. The number of anilines is 2. The molecule has 0 aliphatic carbocycles. The molecule has 0 aliphatic heterocycles. The van der Waals surface area contributed by atoms with Crippen molar-refractivity contribution in [2.24, 2.45) is 0 Å². The number of thiophene rings is 1. The Morgan fingerprint density at radius 2 is 2.00 bits per heavy atom. The lowest BCUT2D eigenvalue weighted by atomic mass is 10.1. The van der Waals surface area contributed by atoms with Crippen LogP contribution in [0.2, 0.25) is 0 Å². The Labute approximate surface area is 126 Å². The number of aryl methyl sites for hydroxylation is 2. The van der Waals surface area contributed by atoms with Crippen molar-refractivity contribution in [1.82, 2.24) is 0 Å². The number of nitrogens with two attached hydrogens (primary N) is 1. The van der Waals surface area contributed by atoms with Crippen LogP contribution in [-0.4, -0.2) is 0 Å². The molecule has 0 saturated carbocycles. The Hall–Kier alpha value is -0.750. The summed E-state index contributed by atoms with van der Waals surface area (Å²) < 4.78 is 1.16. The van der Waals surface area contributed by atoms with Crippen molar-refractivity contribution in [2.45, 2.75) is 26.8 Å². The normalized spacial score (nSPS) is 12.4. The average Bonchev–Trinajstić information content (AvgIpc) is 2.62. The maximum Gasteiger partial charge on any atom is 0.0579 e. The molecule has 0 fully saturated rings. The summed E-state index contributed by atoms with van der Waals surface area (Å²) in [5.74, 6) is 0. The van der Waals surface area contributed by atoms with Gasteiger partial charge >= 0.3 is 0 Å². The second-order valence-corrected chi connectivity index (χ2v) is 7.17. The lowest BCUT2D eigenvalue weighted by Gasteiger charge is -2.17. The zero-order valence-corrected chi connectivity index (χ0v) is 13.7. The second-order valence-electron chi connectivity index (χ2n) is 4.47. The molecule has 0 bridgehead atoms. The molecule has 2 nitrogen and oxygen atoms in total. The number of rotatable bonds is 3. The molecule has 0 spiro atoms. The molecule has 2 aromatic rings. The molecule has 0 saturated heterocycles. The summed E-state index contributed by atoms with van der Waals surface area (Å²) in [6.45, 7) is 6.49. The fraction of sp³-hybridized carbons (Fsp3) is 0.286. The third-order valence-corrected chi connectivity index (χ3v) is 4.58. The van der Waals surface area contributed by atoms with E-state index in [1.807, 2.05) is 23.5 Å². The summed E-state index contributed by atoms with van der Waals surface area (Å²) >= 11 is 4.11. The van der Waals surface area contributed by atoms with Crippen molar-refractivity contribution in [1.29, 1.82) is 0 Å². The van der Waals surface area contributed by atoms with Crippen LogP contribution in [0.5, 0.6) is 0 Å². The minimum absolute atomic E-state index is 0.275. The van der Waals surface area contributed by atoms with Gasteiger partial charge in [-0.25, -0.2) is 0 Å². The highest BCUT2D eigenvalue weighted by atomic mass is 127. The number of nitrogens with one attached hydrogen (secondary N) is 1. The monoisotopic (exact) mass is 372 g/mol. The van der Waals surface area contributed by atoms with Gasteiger partial charge in [0.2, 0.25) is 0 Å². The third-order valence-electron chi connectivity index (χ3n) is 2.93. The van der Waals surface area contributed by atoms with E-state index in [-0.39, 0.29) is 6.04 Å². The molecule has 1 atom stereocenters. The molecule has 1 unspecified atom stereocenters. The first-order valence-corrected chi connectivity index (χ1v) is 7.75. The molecule has 3 N–H and O–H groups in total. The summed E-state index contributed by atoms with van der Waals surface area (Å²) in [7, 11) is 0. The van der Waals surface area contributed by atoms with Crippen molar-refractivity contribution >= 4 is 45.3 Å². The number of hydrogen-bond acceptors (Lipinski definition) is 3. The van der Waals surface area contributed by atoms with Gasteiger partial charge in [0, 0.05) is 19.4 Å². The van der Waals surface area contributed by atoms with Crippen molar-refractivity contribution in [2.75, 3.05) is 11.1 Å². The highest BCUT2D eigenvalue weighted by Gasteiger charge is 2.12. The molecular formula is C14H17IN2S. The van der Waals surface area contributed by atoms with Crippen LogP contribution in [0, 0.1) is 17.4 Å². The Bertz CT molecular complexity index is 563. The van der Waals surface area contributed by atoms with Crippen LogP contribution in [0.4, 0.5) is 11.4 Å². The molecule has 96 valence electrons. The highest BCUT2D eigenvalue weighted by molar-refractivity contribution is 14.1. The minimum atomic E-state index is 0.275. The van der Waals surface area contributed by atoms with E-state index in [2.05, 4.69) is 60.8 Å². The first-order chi connectivity index (χ1) is 8.47. The van der Waals surface area contributed by atoms with Crippen molar-refractivity contribution < 1.29 is 0 Å². The topological polar surface area (TPSA) is 38.0 Å². The fourth-order valence-corrected chi connectivity index (χ4v) is 3.59. The lowest BCUT2D eigenvalue weighted by Crippen LogP contribution is -2.08. The molecule has 0 amide bonds. The number of benzene rings is 1. The van der Waals surface area contributed by atoms with Gasteiger partial charge < -0.3 is 11.1 Å². The van der Waals surface area contributed by atoms with Crippen LogP contribution in [0.3, 0.4) is 0 Å². The van der Waals surface area contributed by atoms with Crippen LogP contribution in [0.25, 0.3) is 0 Å². The van der Waals surface area contributed by atoms with E-state index in [0.717, 1.165) is 14.9 Å². The van der Waals surface area contributed by atoms with Gasteiger partial charge in [-0.15, -0.1) is 11.3 Å². The lowest BCUT2D eigenvalue weighted by molar-refractivity contribution is 0.882. The van der Waals surface area contributed by atoms with Crippen LogP contribution in [-0.2, 0) is 0 Å². The first-order valence-electron chi connectivity index (χ1n) is 5.86. The molecule has 1 aromatic heterocycles. The summed E-state index contributed by atoms with van der Waals surface area (Å²) in [6.07, 6.45) is 0. The van der Waals surface area contributed by atoms with Gasteiger partial charge in [-0.1, -0.05) is 0 Å². The minimum Gasteiger partial charge on any atom is -0.397 e. The predicted octanol–water partition coefficient (Wildman–Crippen LogP) is 4.72. The maximum atomic E-state index is 6.03. The van der Waals surface area contributed by atoms with Crippen molar-refractivity contribution in [3.63, 3.8) is 0 Å². The Morgan fingerprint density at radius 1 is 1.28 bits per heavy atom. The summed E-state index contributed by atoms with van der Waals surface area (Å²) in [6, 6.07) is 8.62. The van der Waals surface area contributed by atoms with Gasteiger partial charge in [0.05, 0.1) is 11.4 Å². The largest absolute Gasteiger partial charge is 0.397 e. The molecule has 1 heterocycles. The molecule has 1 aromatic carbocycles. The smallest absolute Gasteiger partial charge is 0.0579 e. The quantitative estimate of drug-likeness (QED) is 0.604. The maximum absolute atomic E-state index is 6.03. The van der Waals surface area contributed by atoms with E-state index < -0.39 is 0 Å². The fourth-order valence-electron chi connectivity index (χ4n) is 2.06. The standard InChI is InChI=1S/C14H17IN2S/c1-8-6-12(10(3)18-8)9(2)17-14-5-4-11(15)7-13(14)16/h4-7,9,17H,16H2,1-3H3. The molecule has 2 rings (SSSR count). The Balaban J connectivity index is 2.21. The predicted molar refractivity (Wildman–Crippen MR) is 89.4 cm³/mol. The van der Waals surface area contributed by atoms with E-state index in [1.165, 1.54) is 15.3 Å². The molecule has 0 radical (unpaired) electrons. The SMILES string of the molecule is Cc1cc(C(C)Nc2ccc(I)cc2N)c(C)s1. The highest BCUT2D eigenvalue weighted by Crippen LogP contribution is 2.30. The van der Waals surface area contributed by atoms with Gasteiger partial charge in [-0.05, 0) is 73.2 Å². The van der Waals surface area contributed by atoms with Crippen LogP contribution in [0.15, 0.2) is 24.3 Å². The number of hydrogen-bond donors (Lipinski definition) is 2. The van der Waals surface area contributed by atoms with E-state index in [4.69, 9.17) is 5.73 Å². The second kappa shape index (κ2) is 5.48. The van der Waals surface area contributed by atoms with Crippen molar-refractivity contribution in [3.8, 4) is 0 Å². The summed E-state index contributed by atoms with van der Waals surface area (Å²) in [4.78, 5) is 2.73. The summed E-state index contributed by atoms with van der Waals surface area (Å²) in [5, 5.41) is 3.49. The molecular weight excluding hydrogens is 355 g/mol. The average molecular weight is 372 g/mol. The Morgan fingerprint density at radius 3 is 2.56 bits per heavy atom. The van der Waals surface area contributed by atoms with Gasteiger partial charge in [-0.2, -0.15) is 0 Å². The van der Waals surface area contributed by atoms with Gasteiger partial charge in [0.15, 0.2) is 0 Å². The van der Waals surface area contributed by atoms with Gasteiger partial charge in [-0.3, -0.25) is 0 Å². The molecule has 0 aliphatic rings. The first kappa shape index (κ1) is 13.7. The zero-order chi connectivity index (χ0) is 13.3. The van der Waals surface area contributed by atoms with Gasteiger partial charge in [0.1, 0.15) is 0 Å². The van der Waals surface area contributed by atoms with E-state index in [0.29, 0.717) is 0 Å². The van der Waals surface area contributed by atoms with Crippen LogP contribution < -0.4 is 11.1 Å². The van der Waals surface area contributed by atoms with E-state index >= 15 is 0 Å². The van der Waals surface area contributed by atoms with Crippen LogP contribution >= 0.6 is 33.9 Å². The molecule has 18 heavy (non-hydrogen) atoms. The summed E-state index contributed by atoms with van der Waals surface area (Å²) in [5.41, 5.74) is 9.19. The Kier molecular flexibility index (Phi) is 4.17. The number of halogens is 1. The van der Waals surface area contributed by atoms with Crippen molar-refractivity contribution in [3.05, 3.63) is 43.2 Å². The van der Waals surface area contributed by atoms with Crippen LogP contribution in [0.1, 0.15) is 28.3 Å². The third kappa shape index (κ3) is 2.98. The van der Waals surface area contributed by atoms with E-state index in [9.17, 15) is 0 Å². The molecule has 4 heteroatoms. The number of nitrogen functional groups attached to an aromatic ring is 1. The van der Waals surface area contributed by atoms with Gasteiger partial charge in [0.25, 0.3) is 0 Å². The van der Waals surface area contributed by atoms with E-state index in [1.54, 1.807) is 0 Å².